The highest BCUT2D eigenvalue weighted by molar-refractivity contribution is 5.94. The first-order valence-electron chi connectivity index (χ1n) is 7.05. The summed E-state index contributed by atoms with van der Waals surface area (Å²) < 4.78 is 12.9. The van der Waals surface area contributed by atoms with Crippen LogP contribution in [0.1, 0.15) is 23.2 Å². The zero-order valence-corrected chi connectivity index (χ0v) is 11.8. The fourth-order valence-corrected chi connectivity index (χ4v) is 2.47. The molecule has 0 aromatic heterocycles. The predicted molar refractivity (Wildman–Crippen MR) is 78.2 cm³/mol. The smallest absolute Gasteiger partial charge is 0.253 e. The van der Waals surface area contributed by atoms with E-state index in [-0.39, 0.29) is 23.5 Å². The maximum Gasteiger partial charge on any atom is 0.253 e. The van der Waals surface area contributed by atoms with E-state index in [2.05, 4.69) is 11.9 Å². The molecule has 1 aromatic rings. The van der Waals surface area contributed by atoms with E-state index in [1.165, 1.54) is 24.3 Å². The minimum atomic E-state index is -0.369. The SMILES string of the molecule is C=CCNC(=O)[C@H]1CCCN(C(=O)c2ccc(F)cc2)C1. The van der Waals surface area contributed by atoms with Gasteiger partial charge in [0.25, 0.3) is 5.91 Å². The van der Waals surface area contributed by atoms with Crippen LogP contribution in [-0.4, -0.2) is 36.3 Å². The normalized spacial score (nSPS) is 18.1. The number of likely N-dealkylation sites (tertiary alicyclic amines) is 1. The third-order valence-electron chi connectivity index (χ3n) is 3.59. The van der Waals surface area contributed by atoms with Gasteiger partial charge in [-0.25, -0.2) is 4.39 Å². The van der Waals surface area contributed by atoms with Gasteiger partial charge in [-0.05, 0) is 37.1 Å². The molecule has 1 atom stereocenters. The maximum absolute atomic E-state index is 12.9. The molecular formula is C16H19FN2O2. The largest absolute Gasteiger partial charge is 0.352 e. The van der Waals surface area contributed by atoms with Gasteiger partial charge in [-0.3, -0.25) is 9.59 Å². The zero-order chi connectivity index (χ0) is 15.2. The zero-order valence-electron chi connectivity index (χ0n) is 11.8. The van der Waals surface area contributed by atoms with E-state index in [9.17, 15) is 14.0 Å². The number of nitrogens with zero attached hydrogens (tertiary/aromatic N) is 1. The lowest BCUT2D eigenvalue weighted by Gasteiger charge is -2.32. The van der Waals surface area contributed by atoms with Crippen LogP contribution in [-0.2, 0) is 4.79 Å². The lowest BCUT2D eigenvalue weighted by molar-refractivity contribution is -0.126. The van der Waals surface area contributed by atoms with E-state index < -0.39 is 0 Å². The van der Waals surface area contributed by atoms with Crippen molar-refractivity contribution in [1.29, 1.82) is 0 Å². The van der Waals surface area contributed by atoms with Gasteiger partial charge in [0.2, 0.25) is 5.91 Å². The third kappa shape index (κ3) is 3.90. The Morgan fingerprint density at radius 2 is 2.10 bits per heavy atom. The Balaban J connectivity index is 2.00. The highest BCUT2D eigenvalue weighted by atomic mass is 19.1. The summed E-state index contributed by atoms with van der Waals surface area (Å²) in [6.45, 7) is 5.02. The lowest BCUT2D eigenvalue weighted by atomic mass is 9.96. The van der Waals surface area contributed by atoms with Crippen molar-refractivity contribution < 1.29 is 14.0 Å². The number of halogens is 1. The summed E-state index contributed by atoms with van der Waals surface area (Å²) >= 11 is 0. The Kier molecular flexibility index (Phi) is 5.09. The molecule has 1 fully saturated rings. The Bertz CT molecular complexity index is 528. The monoisotopic (exact) mass is 290 g/mol. The van der Waals surface area contributed by atoms with E-state index in [0.717, 1.165) is 12.8 Å². The molecule has 1 N–H and O–H groups in total. The third-order valence-corrected chi connectivity index (χ3v) is 3.59. The van der Waals surface area contributed by atoms with Crippen molar-refractivity contribution in [3.8, 4) is 0 Å². The quantitative estimate of drug-likeness (QED) is 0.862. The Morgan fingerprint density at radius 3 is 2.76 bits per heavy atom. The second-order valence-electron chi connectivity index (χ2n) is 5.13. The van der Waals surface area contributed by atoms with Gasteiger partial charge in [-0.15, -0.1) is 6.58 Å². The number of amides is 2. The summed E-state index contributed by atoms with van der Waals surface area (Å²) in [5.74, 6) is -0.766. The van der Waals surface area contributed by atoms with Crippen molar-refractivity contribution >= 4 is 11.8 Å². The van der Waals surface area contributed by atoms with Crippen molar-refractivity contribution in [2.75, 3.05) is 19.6 Å². The van der Waals surface area contributed by atoms with Gasteiger partial charge in [0.05, 0.1) is 5.92 Å². The molecule has 0 unspecified atom stereocenters. The summed E-state index contributed by atoms with van der Waals surface area (Å²) in [4.78, 5) is 26.0. The summed E-state index contributed by atoms with van der Waals surface area (Å²) in [5.41, 5.74) is 0.448. The van der Waals surface area contributed by atoms with Gasteiger partial charge in [-0.2, -0.15) is 0 Å². The number of benzene rings is 1. The maximum atomic E-state index is 12.9. The number of hydrogen-bond acceptors (Lipinski definition) is 2. The van der Waals surface area contributed by atoms with Crippen molar-refractivity contribution in [2.45, 2.75) is 12.8 Å². The van der Waals surface area contributed by atoms with Gasteiger partial charge in [0, 0.05) is 25.2 Å². The molecule has 21 heavy (non-hydrogen) atoms. The summed E-state index contributed by atoms with van der Waals surface area (Å²) in [6, 6.07) is 5.48. The van der Waals surface area contributed by atoms with Crippen molar-refractivity contribution in [3.05, 3.63) is 48.3 Å². The van der Waals surface area contributed by atoms with E-state index in [1.807, 2.05) is 0 Å². The van der Waals surface area contributed by atoms with E-state index in [4.69, 9.17) is 0 Å². The van der Waals surface area contributed by atoms with Crippen LogP contribution >= 0.6 is 0 Å². The standard InChI is InChI=1S/C16H19FN2O2/c1-2-9-18-15(20)13-4-3-10-19(11-13)16(21)12-5-7-14(17)8-6-12/h2,5-8,13H,1,3-4,9-11H2,(H,18,20)/t13-/m0/s1. The van der Waals surface area contributed by atoms with Crippen LogP contribution in [0.2, 0.25) is 0 Å². The molecule has 1 saturated heterocycles. The second kappa shape index (κ2) is 7.02. The van der Waals surface area contributed by atoms with Gasteiger partial charge in [-0.1, -0.05) is 6.08 Å². The minimum Gasteiger partial charge on any atom is -0.352 e. The molecule has 5 heteroatoms. The molecule has 0 radical (unpaired) electrons. The molecule has 1 aliphatic rings. The Hall–Kier alpha value is -2.17. The highest BCUT2D eigenvalue weighted by Crippen LogP contribution is 2.19. The van der Waals surface area contributed by atoms with Gasteiger partial charge < -0.3 is 10.2 Å². The van der Waals surface area contributed by atoms with Crippen LogP contribution in [0, 0.1) is 11.7 Å². The summed E-state index contributed by atoms with van der Waals surface area (Å²) in [6.07, 6.45) is 3.19. The summed E-state index contributed by atoms with van der Waals surface area (Å²) in [7, 11) is 0. The average molecular weight is 290 g/mol. The van der Waals surface area contributed by atoms with Crippen LogP contribution in [0.15, 0.2) is 36.9 Å². The molecule has 112 valence electrons. The minimum absolute atomic E-state index is 0.0495. The number of carbonyl (C=O) groups is 2. The highest BCUT2D eigenvalue weighted by Gasteiger charge is 2.28. The fraction of sp³-hybridized carbons (Fsp3) is 0.375. The number of carbonyl (C=O) groups excluding carboxylic acids is 2. The number of rotatable bonds is 4. The second-order valence-corrected chi connectivity index (χ2v) is 5.13. The van der Waals surface area contributed by atoms with Crippen LogP contribution in [0.5, 0.6) is 0 Å². The van der Waals surface area contributed by atoms with Crippen molar-refractivity contribution in [1.82, 2.24) is 10.2 Å². The van der Waals surface area contributed by atoms with Crippen LogP contribution < -0.4 is 5.32 Å². The van der Waals surface area contributed by atoms with Gasteiger partial charge in [0.1, 0.15) is 5.82 Å². The lowest BCUT2D eigenvalue weighted by Crippen LogP contribution is -2.45. The molecule has 2 rings (SSSR count). The van der Waals surface area contributed by atoms with Crippen LogP contribution in [0.3, 0.4) is 0 Å². The Morgan fingerprint density at radius 1 is 1.38 bits per heavy atom. The molecule has 1 heterocycles. The molecular weight excluding hydrogens is 271 g/mol. The predicted octanol–water partition coefficient (Wildman–Crippen LogP) is 1.98. The van der Waals surface area contributed by atoms with Crippen molar-refractivity contribution in [2.24, 2.45) is 5.92 Å². The average Bonchev–Trinajstić information content (AvgIpc) is 2.52. The molecule has 2 amide bonds. The van der Waals surface area contributed by atoms with E-state index in [1.54, 1.807) is 11.0 Å². The van der Waals surface area contributed by atoms with Crippen LogP contribution in [0.4, 0.5) is 4.39 Å². The van der Waals surface area contributed by atoms with Crippen molar-refractivity contribution in [3.63, 3.8) is 0 Å². The fourth-order valence-electron chi connectivity index (χ4n) is 2.47. The first-order chi connectivity index (χ1) is 10.1. The van der Waals surface area contributed by atoms with E-state index in [0.29, 0.717) is 25.2 Å². The number of hydrogen-bond donors (Lipinski definition) is 1. The first-order valence-corrected chi connectivity index (χ1v) is 7.05. The Labute approximate surface area is 123 Å². The summed E-state index contributed by atoms with van der Waals surface area (Å²) in [5, 5.41) is 2.76. The molecule has 1 aliphatic heterocycles. The molecule has 0 spiro atoms. The molecule has 0 bridgehead atoms. The van der Waals surface area contributed by atoms with Gasteiger partial charge in [0.15, 0.2) is 0 Å². The topological polar surface area (TPSA) is 49.4 Å². The van der Waals surface area contributed by atoms with Gasteiger partial charge >= 0.3 is 0 Å². The number of nitrogens with one attached hydrogen (secondary N) is 1. The molecule has 4 nitrogen and oxygen atoms in total. The molecule has 0 saturated carbocycles. The molecule has 0 aliphatic carbocycles. The van der Waals surface area contributed by atoms with E-state index >= 15 is 0 Å². The van der Waals surface area contributed by atoms with Crippen LogP contribution in [0.25, 0.3) is 0 Å². The number of piperidine rings is 1. The molecule has 1 aromatic carbocycles. The first kappa shape index (κ1) is 15.2.